The number of para-hydroxylation sites is 1. The molecule has 0 spiro atoms. The summed E-state index contributed by atoms with van der Waals surface area (Å²) in [5.41, 5.74) is 2.05. The summed E-state index contributed by atoms with van der Waals surface area (Å²) >= 11 is 0. The standard InChI is InChI=1S/C20H27N3O4/c1-13-16(14-7-5-6-8-15(14)21-13)17(18(24)25)22-9-11-23(12-10-22)19(26)27-20(2,3)4/h5-8,17,21H,9-12H2,1-4H3,(H,24,25). The Morgan fingerprint density at radius 2 is 1.78 bits per heavy atom. The van der Waals surface area contributed by atoms with Crippen molar-refractivity contribution in [1.29, 1.82) is 0 Å². The molecule has 1 atom stereocenters. The number of rotatable bonds is 3. The zero-order valence-corrected chi connectivity index (χ0v) is 16.3. The number of benzene rings is 1. The monoisotopic (exact) mass is 373 g/mol. The lowest BCUT2D eigenvalue weighted by atomic mass is 10.0. The third-order valence-electron chi connectivity index (χ3n) is 4.78. The summed E-state index contributed by atoms with van der Waals surface area (Å²) in [7, 11) is 0. The van der Waals surface area contributed by atoms with E-state index < -0.39 is 17.6 Å². The maximum absolute atomic E-state index is 12.2. The highest BCUT2D eigenvalue weighted by Crippen LogP contribution is 2.32. The van der Waals surface area contributed by atoms with Crippen LogP contribution in [0.2, 0.25) is 0 Å². The van der Waals surface area contributed by atoms with Crippen molar-refractivity contribution >= 4 is 23.0 Å². The lowest BCUT2D eigenvalue weighted by molar-refractivity contribution is -0.144. The van der Waals surface area contributed by atoms with E-state index in [-0.39, 0.29) is 6.09 Å². The Morgan fingerprint density at radius 1 is 1.15 bits per heavy atom. The molecule has 1 saturated heterocycles. The first-order valence-electron chi connectivity index (χ1n) is 9.19. The fraction of sp³-hybridized carbons (Fsp3) is 0.500. The first-order valence-corrected chi connectivity index (χ1v) is 9.19. The van der Waals surface area contributed by atoms with Crippen LogP contribution in [-0.4, -0.2) is 63.7 Å². The minimum absolute atomic E-state index is 0.350. The molecule has 2 N–H and O–H groups in total. The van der Waals surface area contributed by atoms with E-state index in [1.807, 2.05) is 56.9 Å². The van der Waals surface area contributed by atoms with Gasteiger partial charge in [-0.05, 0) is 33.8 Å². The van der Waals surface area contributed by atoms with E-state index >= 15 is 0 Å². The highest BCUT2D eigenvalue weighted by molar-refractivity contribution is 5.90. The van der Waals surface area contributed by atoms with E-state index in [2.05, 4.69) is 4.98 Å². The molecule has 1 unspecified atom stereocenters. The Labute approximate surface area is 158 Å². The zero-order valence-electron chi connectivity index (χ0n) is 16.3. The largest absolute Gasteiger partial charge is 0.480 e. The number of aromatic nitrogens is 1. The number of carboxylic acids is 1. The summed E-state index contributed by atoms with van der Waals surface area (Å²) in [5.74, 6) is -0.881. The summed E-state index contributed by atoms with van der Waals surface area (Å²) in [4.78, 5) is 31.2. The van der Waals surface area contributed by atoms with Crippen LogP contribution < -0.4 is 0 Å². The second-order valence-electron chi connectivity index (χ2n) is 7.95. The van der Waals surface area contributed by atoms with Crippen LogP contribution in [0.4, 0.5) is 4.79 Å². The Hall–Kier alpha value is -2.54. The lowest BCUT2D eigenvalue weighted by Crippen LogP contribution is -2.52. The highest BCUT2D eigenvalue weighted by atomic mass is 16.6. The first kappa shape index (κ1) is 19.2. The van der Waals surface area contributed by atoms with Gasteiger partial charge in [-0.15, -0.1) is 0 Å². The van der Waals surface area contributed by atoms with Gasteiger partial charge in [-0.1, -0.05) is 18.2 Å². The van der Waals surface area contributed by atoms with Crippen LogP contribution in [0.3, 0.4) is 0 Å². The van der Waals surface area contributed by atoms with Gasteiger partial charge >= 0.3 is 12.1 Å². The summed E-state index contributed by atoms with van der Waals surface area (Å²) in [6, 6.07) is 6.99. The quantitative estimate of drug-likeness (QED) is 0.863. The molecule has 1 amide bonds. The number of hydrogen-bond donors (Lipinski definition) is 2. The number of hydrogen-bond acceptors (Lipinski definition) is 4. The van der Waals surface area contributed by atoms with Crippen molar-refractivity contribution in [2.24, 2.45) is 0 Å². The predicted molar refractivity (Wildman–Crippen MR) is 103 cm³/mol. The van der Waals surface area contributed by atoms with Crippen LogP contribution in [0.15, 0.2) is 24.3 Å². The number of fused-ring (bicyclic) bond motifs is 1. The molecule has 1 aliphatic rings. The molecule has 0 saturated carbocycles. The zero-order chi connectivity index (χ0) is 19.8. The van der Waals surface area contributed by atoms with Crippen molar-refractivity contribution < 1.29 is 19.4 Å². The third-order valence-corrected chi connectivity index (χ3v) is 4.78. The minimum atomic E-state index is -0.881. The number of nitrogens with one attached hydrogen (secondary N) is 1. The molecule has 0 bridgehead atoms. The van der Waals surface area contributed by atoms with Crippen molar-refractivity contribution in [2.75, 3.05) is 26.2 Å². The van der Waals surface area contributed by atoms with E-state index in [0.717, 1.165) is 22.2 Å². The Bertz CT molecular complexity index is 845. The topological polar surface area (TPSA) is 85.9 Å². The van der Waals surface area contributed by atoms with Crippen LogP contribution in [0.1, 0.15) is 38.1 Å². The van der Waals surface area contributed by atoms with E-state index in [0.29, 0.717) is 26.2 Å². The van der Waals surface area contributed by atoms with Crippen LogP contribution in [-0.2, 0) is 9.53 Å². The number of ether oxygens (including phenoxy) is 1. The maximum Gasteiger partial charge on any atom is 0.410 e. The van der Waals surface area contributed by atoms with Gasteiger partial charge < -0.3 is 19.7 Å². The molecule has 1 aliphatic heterocycles. The normalized spacial score (nSPS) is 17.1. The maximum atomic E-state index is 12.2. The van der Waals surface area contributed by atoms with Crippen molar-refractivity contribution in [3.8, 4) is 0 Å². The Kier molecular flexibility index (Phi) is 5.15. The molecule has 2 aromatic rings. The van der Waals surface area contributed by atoms with Crippen LogP contribution >= 0.6 is 0 Å². The molecule has 7 nitrogen and oxygen atoms in total. The molecular formula is C20H27N3O4. The van der Waals surface area contributed by atoms with E-state index in [1.165, 1.54) is 0 Å². The van der Waals surface area contributed by atoms with Gasteiger partial charge in [0.15, 0.2) is 0 Å². The average Bonchev–Trinajstić information content (AvgIpc) is 2.90. The van der Waals surface area contributed by atoms with Crippen LogP contribution in [0, 0.1) is 6.92 Å². The number of amides is 1. The van der Waals surface area contributed by atoms with Crippen molar-refractivity contribution in [2.45, 2.75) is 39.3 Å². The molecule has 3 rings (SSSR count). The first-order chi connectivity index (χ1) is 12.7. The second-order valence-corrected chi connectivity index (χ2v) is 7.95. The van der Waals surface area contributed by atoms with Gasteiger partial charge in [0, 0.05) is 48.3 Å². The van der Waals surface area contributed by atoms with Crippen molar-refractivity contribution in [3.63, 3.8) is 0 Å². The molecule has 2 heterocycles. The molecule has 1 aromatic carbocycles. The van der Waals surface area contributed by atoms with Crippen molar-refractivity contribution in [1.82, 2.24) is 14.8 Å². The SMILES string of the molecule is Cc1[nH]c2ccccc2c1C(C(=O)O)N1CCN(C(=O)OC(C)(C)C)CC1. The fourth-order valence-electron chi connectivity index (χ4n) is 3.60. The highest BCUT2D eigenvalue weighted by Gasteiger charge is 2.35. The summed E-state index contributed by atoms with van der Waals surface area (Å²) in [5, 5.41) is 10.9. The Morgan fingerprint density at radius 3 is 2.37 bits per heavy atom. The fourth-order valence-corrected chi connectivity index (χ4v) is 3.60. The number of H-pyrrole nitrogens is 1. The molecule has 27 heavy (non-hydrogen) atoms. The number of aryl methyl sites for hydroxylation is 1. The summed E-state index contributed by atoms with van der Waals surface area (Å²) in [6.45, 7) is 9.26. The number of carbonyl (C=O) groups is 2. The third kappa shape index (κ3) is 4.08. The van der Waals surface area contributed by atoms with Gasteiger partial charge in [-0.2, -0.15) is 0 Å². The van der Waals surface area contributed by atoms with E-state index in [4.69, 9.17) is 4.74 Å². The number of piperazine rings is 1. The summed E-state index contributed by atoms with van der Waals surface area (Å²) < 4.78 is 5.42. The minimum Gasteiger partial charge on any atom is -0.480 e. The molecule has 0 radical (unpaired) electrons. The smallest absolute Gasteiger partial charge is 0.410 e. The van der Waals surface area contributed by atoms with Gasteiger partial charge in [-0.3, -0.25) is 9.69 Å². The van der Waals surface area contributed by atoms with Gasteiger partial charge in [0.1, 0.15) is 11.6 Å². The van der Waals surface area contributed by atoms with Crippen LogP contribution in [0.5, 0.6) is 0 Å². The van der Waals surface area contributed by atoms with Gasteiger partial charge in [0.2, 0.25) is 0 Å². The van der Waals surface area contributed by atoms with Crippen molar-refractivity contribution in [3.05, 3.63) is 35.5 Å². The average molecular weight is 373 g/mol. The van der Waals surface area contributed by atoms with Gasteiger partial charge in [0.25, 0.3) is 0 Å². The molecule has 1 aromatic heterocycles. The number of aromatic amines is 1. The Balaban J connectivity index is 1.79. The van der Waals surface area contributed by atoms with E-state index in [9.17, 15) is 14.7 Å². The molecule has 1 fully saturated rings. The number of carbonyl (C=O) groups excluding carboxylic acids is 1. The van der Waals surface area contributed by atoms with Crippen LogP contribution in [0.25, 0.3) is 10.9 Å². The van der Waals surface area contributed by atoms with Gasteiger partial charge in [-0.25, -0.2) is 4.79 Å². The molecule has 146 valence electrons. The number of carboxylic acid groups (broad SMARTS) is 1. The lowest BCUT2D eigenvalue weighted by Gasteiger charge is -2.38. The predicted octanol–water partition coefficient (Wildman–Crippen LogP) is 3.15. The van der Waals surface area contributed by atoms with E-state index in [1.54, 1.807) is 4.90 Å². The molecule has 0 aliphatic carbocycles. The molecule has 7 heteroatoms. The van der Waals surface area contributed by atoms with Gasteiger partial charge in [0.05, 0.1) is 0 Å². The number of nitrogens with zero attached hydrogens (tertiary/aromatic N) is 2. The summed E-state index contributed by atoms with van der Waals surface area (Å²) in [6.07, 6.45) is -0.350. The molecular weight excluding hydrogens is 346 g/mol. The number of aliphatic carboxylic acids is 1. The second kappa shape index (κ2) is 7.23.